The molecule has 1 unspecified atom stereocenters. The molecule has 0 amide bonds. The van der Waals surface area contributed by atoms with E-state index in [1.165, 1.54) is 11.5 Å². The Balaban J connectivity index is 1.66. The highest BCUT2D eigenvalue weighted by molar-refractivity contribution is 7.99. The van der Waals surface area contributed by atoms with Crippen LogP contribution in [-0.2, 0) is 4.74 Å². The van der Waals surface area contributed by atoms with E-state index in [9.17, 15) is 0 Å². The van der Waals surface area contributed by atoms with Gasteiger partial charge in [-0.05, 0) is 55.0 Å². The van der Waals surface area contributed by atoms with Gasteiger partial charge in [-0.25, -0.2) is 0 Å². The highest BCUT2D eigenvalue weighted by Gasteiger charge is 2.39. The third-order valence-electron chi connectivity index (χ3n) is 4.40. The molecule has 2 saturated heterocycles. The van der Waals surface area contributed by atoms with Gasteiger partial charge in [0.25, 0.3) is 0 Å². The monoisotopic (exact) mass is 293 g/mol. The molecule has 1 aromatic carbocycles. The summed E-state index contributed by atoms with van der Waals surface area (Å²) in [5, 5.41) is 0. The maximum Gasteiger partial charge on any atom is 0.120 e. The molecule has 2 N–H and O–H groups in total. The highest BCUT2D eigenvalue weighted by Crippen LogP contribution is 2.38. The lowest BCUT2D eigenvalue weighted by molar-refractivity contribution is -0.116. The van der Waals surface area contributed by atoms with Crippen molar-refractivity contribution in [3.05, 3.63) is 23.8 Å². The number of ether oxygens (including phenoxy) is 2. The first-order valence-corrected chi connectivity index (χ1v) is 8.57. The van der Waals surface area contributed by atoms with Crippen molar-refractivity contribution in [1.82, 2.24) is 0 Å². The van der Waals surface area contributed by atoms with E-state index in [1.54, 1.807) is 0 Å². The maximum atomic E-state index is 6.18. The van der Waals surface area contributed by atoms with Gasteiger partial charge in [0.05, 0.1) is 12.2 Å². The SMILES string of the molecule is Cc1cc(OC2CCOC3(CCSCC3)C2)ccc1N. The summed E-state index contributed by atoms with van der Waals surface area (Å²) in [4.78, 5) is 0. The molecule has 0 aliphatic carbocycles. The van der Waals surface area contributed by atoms with Gasteiger partial charge in [0, 0.05) is 18.5 Å². The van der Waals surface area contributed by atoms with Gasteiger partial charge in [-0.15, -0.1) is 0 Å². The zero-order valence-electron chi connectivity index (χ0n) is 12.1. The molecule has 2 aliphatic heterocycles. The summed E-state index contributed by atoms with van der Waals surface area (Å²) in [5.74, 6) is 3.37. The second-order valence-corrected chi connectivity index (χ2v) is 7.12. The van der Waals surface area contributed by atoms with Crippen LogP contribution in [0.2, 0.25) is 0 Å². The van der Waals surface area contributed by atoms with E-state index < -0.39 is 0 Å². The molecule has 0 saturated carbocycles. The zero-order valence-corrected chi connectivity index (χ0v) is 12.9. The fourth-order valence-corrected chi connectivity index (χ4v) is 4.33. The number of benzene rings is 1. The Hall–Kier alpha value is -0.870. The molecule has 1 spiro atoms. The van der Waals surface area contributed by atoms with Gasteiger partial charge >= 0.3 is 0 Å². The first kappa shape index (κ1) is 14.1. The molecule has 0 bridgehead atoms. The van der Waals surface area contributed by atoms with Crippen molar-refractivity contribution < 1.29 is 9.47 Å². The van der Waals surface area contributed by atoms with Gasteiger partial charge in [-0.2, -0.15) is 11.8 Å². The molecular weight excluding hydrogens is 270 g/mol. The lowest BCUT2D eigenvalue weighted by atomic mass is 9.86. The number of hydrogen-bond acceptors (Lipinski definition) is 4. The van der Waals surface area contributed by atoms with Crippen molar-refractivity contribution in [2.24, 2.45) is 0 Å². The van der Waals surface area contributed by atoms with Crippen molar-refractivity contribution in [1.29, 1.82) is 0 Å². The predicted molar refractivity (Wildman–Crippen MR) is 84.5 cm³/mol. The van der Waals surface area contributed by atoms with Gasteiger partial charge in [0.1, 0.15) is 11.9 Å². The minimum absolute atomic E-state index is 0.0804. The number of rotatable bonds is 2. The standard InChI is InChI=1S/C16H23NO2S/c1-12-10-13(2-3-15(12)17)19-14-4-7-18-16(11-14)5-8-20-9-6-16/h2-3,10,14H,4-9,11,17H2,1H3. The Kier molecular flexibility index (Phi) is 4.13. The predicted octanol–water partition coefficient (Wildman–Crippen LogP) is 3.40. The Morgan fingerprint density at radius 1 is 1.35 bits per heavy atom. The van der Waals surface area contributed by atoms with Crippen molar-refractivity contribution in [2.75, 3.05) is 23.8 Å². The van der Waals surface area contributed by atoms with Crippen molar-refractivity contribution >= 4 is 17.4 Å². The normalized spacial score (nSPS) is 25.6. The van der Waals surface area contributed by atoms with E-state index in [1.807, 2.05) is 36.9 Å². The second-order valence-electron chi connectivity index (χ2n) is 5.89. The molecule has 0 radical (unpaired) electrons. The molecule has 110 valence electrons. The highest BCUT2D eigenvalue weighted by atomic mass is 32.2. The fraction of sp³-hybridized carbons (Fsp3) is 0.625. The van der Waals surface area contributed by atoms with Crippen molar-refractivity contribution in [3.8, 4) is 5.75 Å². The summed E-state index contributed by atoms with van der Waals surface area (Å²) >= 11 is 2.04. The van der Waals surface area contributed by atoms with Crippen LogP contribution in [0.5, 0.6) is 5.75 Å². The third-order valence-corrected chi connectivity index (χ3v) is 5.38. The number of aryl methyl sites for hydroxylation is 1. The molecule has 2 fully saturated rings. The van der Waals surface area contributed by atoms with Crippen LogP contribution in [0.4, 0.5) is 5.69 Å². The van der Waals surface area contributed by atoms with E-state index >= 15 is 0 Å². The number of nitrogens with two attached hydrogens (primary N) is 1. The molecule has 1 atom stereocenters. The number of nitrogen functional groups attached to an aromatic ring is 1. The van der Waals surface area contributed by atoms with E-state index in [4.69, 9.17) is 15.2 Å². The lowest BCUT2D eigenvalue weighted by Crippen LogP contribution is -2.46. The molecule has 4 heteroatoms. The summed E-state index contributed by atoms with van der Waals surface area (Å²) in [6.07, 6.45) is 4.61. The van der Waals surface area contributed by atoms with Crippen LogP contribution in [0.1, 0.15) is 31.2 Å². The smallest absolute Gasteiger partial charge is 0.120 e. The Morgan fingerprint density at radius 2 is 2.15 bits per heavy atom. The van der Waals surface area contributed by atoms with Gasteiger partial charge in [-0.1, -0.05) is 0 Å². The molecule has 0 aromatic heterocycles. The zero-order chi connectivity index (χ0) is 14.0. The fourth-order valence-electron chi connectivity index (χ4n) is 3.09. The van der Waals surface area contributed by atoms with Crippen LogP contribution >= 0.6 is 11.8 Å². The Bertz CT molecular complexity index is 466. The molecule has 1 aromatic rings. The van der Waals surface area contributed by atoms with E-state index in [-0.39, 0.29) is 11.7 Å². The number of anilines is 1. The van der Waals surface area contributed by atoms with Crippen LogP contribution in [0.3, 0.4) is 0 Å². The van der Waals surface area contributed by atoms with Gasteiger partial charge in [0.2, 0.25) is 0 Å². The Morgan fingerprint density at radius 3 is 2.90 bits per heavy atom. The van der Waals surface area contributed by atoms with Gasteiger partial charge < -0.3 is 15.2 Å². The van der Waals surface area contributed by atoms with Gasteiger partial charge in [0.15, 0.2) is 0 Å². The van der Waals surface area contributed by atoms with E-state index in [0.717, 1.165) is 49.3 Å². The van der Waals surface area contributed by atoms with Crippen molar-refractivity contribution in [2.45, 2.75) is 44.3 Å². The molecule has 2 heterocycles. The first-order valence-electron chi connectivity index (χ1n) is 7.41. The molecule has 20 heavy (non-hydrogen) atoms. The topological polar surface area (TPSA) is 44.5 Å². The van der Waals surface area contributed by atoms with E-state index in [2.05, 4.69) is 0 Å². The molecule has 3 nitrogen and oxygen atoms in total. The molecule has 2 aliphatic rings. The number of hydrogen-bond donors (Lipinski definition) is 1. The van der Waals surface area contributed by atoms with Crippen LogP contribution < -0.4 is 10.5 Å². The minimum Gasteiger partial charge on any atom is -0.490 e. The first-order chi connectivity index (χ1) is 9.67. The van der Waals surface area contributed by atoms with Crippen LogP contribution in [0.25, 0.3) is 0 Å². The summed E-state index contributed by atoms with van der Waals surface area (Å²) < 4.78 is 12.3. The number of thioether (sulfide) groups is 1. The van der Waals surface area contributed by atoms with Crippen molar-refractivity contribution in [3.63, 3.8) is 0 Å². The average Bonchev–Trinajstić information content (AvgIpc) is 2.44. The summed E-state index contributed by atoms with van der Waals surface area (Å²) in [6, 6.07) is 5.94. The van der Waals surface area contributed by atoms with E-state index in [0.29, 0.717) is 0 Å². The average molecular weight is 293 g/mol. The quantitative estimate of drug-likeness (QED) is 0.849. The minimum atomic E-state index is 0.0804. The summed E-state index contributed by atoms with van der Waals surface area (Å²) in [6.45, 7) is 2.84. The third kappa shape index (κ3) is 3.07. The molecule has 3 rings (SSSR count). The van der Waals surface area contributed by atoms with Crippen LogP contribution in [0, 0.1) is 6.92 Å². The van der Waals surface area contributed by atoms with Gasteiger partial charge in [-0.3, -0.25) is 0 Å². The summed E-state index contributed by atoms with van der Waals surface area (Å²) in [7, 11) is 0. The second kappa shape index (κ2) is 5.86. The lowest BCUT2D eigenvalue weighted by Gasteiger charge is -2.43. The summed E-state index contributed by atoms with van der Waals surface area (Å²) in [5.41, 5.74) is 7.84. The molecular formula is C16H23NO2S. The van der Waals surface area contributed by atoms with Crippen LogP contribution in [-0.4, -0.2) is 29.8 Å². The maximum absolute atomic E-state index is 6.18. The Labute approximate surface area is 125 Å². The van der Waals surface area contributed by atoms with Crippen LogP contribution in [0.15, 0.2) is 18.2 Å². The largest absolute Gasteiger partial charge is 0.490 e.